The highest BCUT2D eigenvalue weighted by Crippen LogP contribution is 2.36. The van der Waals surface area contributed by atoms with Crippen LogP contribution < -0.4 is 9.47 Å². The molecule has 0 fully saturated rings. The second-order valence-corrected chi connectivity index (χ2v) is 6.02. The van der Waals surface area contributed by atoms with Crippen LogP contribution in [0.1, 0.15) is 43.4 Å². The van der Waals surface area contributed by atoms with E-state index in [0.29, 0.717) is 0 Å². The molecule has 0 radical (unpaired) electrons. The van der Waals surface area contributed by atoms with Gasteiger partial charge in [0.2, 0.25) is 0 Å². The molecular formula is C21H26O2. The molecule has 0 spiro atoms. The van der Waals surface area contributed by atoms with Gasteiger partial charge in [0.25, 0.3) is 0 Å². The number of hydrogen-bond donors (Lipinski definition) is 0. The highest BCUT2D eigenvalue weighted by molar-refractivity contribution is 5.51. The molecule has 0 saturated carbocycles. The lowest BCUT2D eigenvalue weighted by atomic mass is 9.91. The Bertz CT molecular complexity index is 642. The maximum atomic E-state index is 5.64. The van der Waals surface area contributed by atoms with Gasteiger partial charge in [-0.15, -0.1) is 0 Å². The van der Waals surface area contributed by atoms with Gasteiger partial charge in [-0.25, -0.2) is 0 Å². The van der Waals surface area contributed by atoms with Gasteiger partial charge in [0.15, 0.2) is 0 Å². The monoisotopic (exact) mass is 310 g/mol. The number of methoxy groups -OCH3 is 2. The molecule has 2 heteroatoms. The van der Waals surface area contributed by atoms with E-state index in [1.807, 2.05) is 6.07 Å². The standard InChI is InChI=1S/C21H26O2/c1-15(2)11-12-19-20(22-4)13-18(14-21(19)23-5)16(3)17-9-7-6-8-10-17/h6-11,13-14,16H,12H2,1-5H3. The van der Waals surface area contributed by atoms with E-state index in [0.717, 1.165) is 23.5 Å². The van der Waals surface area contributed by atoms with E-state index >= 15 is 0 Å². The van der Waals surface area contributed by atoms with Crippen LogP contribution in [-0.2, 0) is 6.42 Å². The lowest BCUT2D eigenvalue weighted by molar-refractivity contribution is 0.386. The predicted octanol–water partition coefficient (Wildman–Crippen LogP) is 5.36. The van der Waals surface area contributed by atoms with Gasteiger partial charge in [0.1, 0.15) is 11.5 Å². The van der Waals surface area contributed by atoms with Crippen LogP contribution in [0, 0.1) is 0 Å². The van der Waals surface area contributed by atoms with Gasteiger partial charge in [-0.3, -0.25) is 0 Å². The summed E-state index contributed by atoms with van der Waals surface area (Å²) >= 11 is 0. The Kier molecular flexibility index (Phi) is 5.86. The first kappa shape index (κ1) is 17.1. The summed E-state index contributed by atoms with van der Waals surface area (Å²) < 4.78 is 11.3. The van der Waals surface area contributed by atoms with Crippen molar-refractivity contribution in [3.05, 3.63) is 70.8 Å². The summed E-state index contributed by atoms with van der Waals surface area (Å²) in [7, 11) is 3.44. The molecule has 0 aliphatic heterocycles. The largest absolute Gasteiger partial charge is 0.496 e. The molecule has 1 unspecified atom stereocenters. The first-order chi connectivity index (χ1) is 11.1. The highest BCUT2D eigenvalue weighted by Gasteiger charge is 2.16. The summed E-state index contributed by atoms with van der Waals surface area (Å²) in [6.07, 6.45) is 3.01. The summed E-state index contributed by atoms with van der Waals surface area (Å²) in [5, 5.41) is 0. The Hall–Kier alpha value is -2.22. The zero-order chi connectivity index (χ0) is 16.8. The van der Waals surface area contributed by atoms with E-state index in [9.17, 15) is 0 Å². The molecule has 0 aliphatic carbocycles. The number of benzene rings is 2. The fourth-order valence-electron chi connectivity index (χ4n) is 2.70. The van der Waals surface area contributed by atoms with Crippen molar-refractivity contribution in [2.75, 3.05) is 14.2 Å². The van der Waals surface area contributed by atoms with Gasteiger partial charge in [0, 0.05) is 11.5 Å². The van der Waals surface area contributed by atoms with Crippen LogP contribution in [0.4, 0.5) is 0 Å². The van der Waals surface area contributed by atoms with Crippen LogP contribution in [0.2, 0.25) is 0 Å². The second-order valence-electron chi connectivity index (χ2n) is 6.02. The van der Waals surface area contributed by atoms with Crippen molar-refractivity contribution in [2.45, 2.75) is 33.1 Å². The molecule has 2 aromatic rings. The normalized spacial score (nSPS) is 11.7. The molecule has 122 valence electrons. The lowest BCUT2D eigenvalue weighted by Crippen LogP contribution is -2.02. The van der Waals surface area contributed by atoms with E-state index in [1.54, 1.807) is 14.2 Å². The fourth-order valence-corrected chi connectivity index (χ4v) is 2.70. The van der Waals surface area contributed by atoms with Gasteiger partial charge in [0.05, 0.1) is 14.2 Å². The molecule has 2 rings (SSSR count). The van der Waals surface area contributed by atoms with E-state index in [2.05, 4.69) is 63.2 Å². The van der Waals surface area contributed by atoms with E-state index in [1.165, 1.54) is 16.7 Å². The molecule has 0 heterocycles. The number of hydrogen-bond acceptors (Lipinski definition) is 2. The molecule has 2 nitrogen and oxygen atoms in total. The van der Waals surface area contributed by atoms with Gasteiger partial charge >= 0.3 is 0 Å². The molecule has 1 atom stereocenters. The van der Waals surface area contributed by atoms with Crippen LogP contribution in [0.15, 0.2) is 54.1 Å². The van der Waals surface area contributed by atoms with Crippen molar-refractivity contribution >= 4 is 0 Å². The number of ether oxygens (including phenoxy) is 2. The Morgan fingerprint density at radius 1 is 0.957 bits per heavy atom. The third-order valence-corrected chi connectivity index (χ3v) is 4.14. The Morgan fingerprint density at radius 2 is 1.52 bits per heavy atom. The molecule has 0 aliphatic rings. The summed E-state index contributed by atoms with van der Waals surface area (Å²) in [6, 6.07) is 14.8. The lowest BCUT2D eigenvalue weighted by Gasteiger charge is -2.18. The Balaban J connectivity index is 2.45. The zero-order valence-electron chi connectivity index (χ0n) is 14.7. The Morgan fingerprint density at radius 3 is 2.00 bits per heavy atom. The van der Waals surface area contributed by atoms with E-state index in [4.69, 9.17) is 9.47 Å². The van der Waals surface area contributed by atoms with Gasteiger partial charge in [-0.2, -0.15) is 0 Å². The molecule has 2 aromatic carbocycles. The van der Waals surface area contributed by atoms with Crippen LogP contribution in [-0.4, -0.2) is 14.2 Å². The first-order valence-corrected chi connectivity index (χ1v) is 8.00. The zero-order valence-corrected chi connectivity index (χ0v) is 14.7. The average Bonchev–Trinajstić information content (AvgIpc) is 2.59. The SMILES string of the molecule is COc1cc(C(C)c2ccccc2)cc(OC)c1CC=C(C)C. The minimum absolute atomic E-state index is 0.288. The quantitative estimate of drug-likeness (QED) is 0.668. The third kappa shape index (κ3) is 4.16. The molecule has 0 aromatic heterocycles. The van der Waals surface area contributed by atoms with Crippen LogP contribution in [0.25, 0.3) is 0 Å². The van der Waals surface area contributed by atoms with E-state index in [-0.39, 0.29) is 5.92 Å². The fraction of sp³-hybridized carbons (Fsp3) is 0.333. The first-order valence-electron chi connectivity index (χ1n) is 8.00. The predicted molar refractivity (Wildman–Crippen MR) is 96.6 cm³/mol. The van der Waals surface area contributed by atoms with Crippen molar-refractivity contribution in [2.24, 2.45) is 0 Å². The minimum Gasteiger partial charge on any atom is -0.496 e. The van der Waals surface area contributed by atoms with Crippen molar-refractivity contribution in [3.8, 4) is 11.5 Å². The maximum Gasteiger partial charge on any atom is 0.126 e. The Labute approximate surface area is 139 Å². The maximum absolute atomic E-state index is 5.64. The van der Waals surface area contributed by atoms with Gasteiger partial charge < -0.3 is 9.47 Å². The molecule has 23 heavy (non-hydrogen) atoms. The van der Waals surface area contributed by atoms with Crippen molar-refractivity contribution in [3.63, 3.8) is 0 Å². The number of allylic oxidation sites excluding steroid dienone is 2. The molecule has 0 N–H and O–H groups in total. The van der Waals surface area contributed by atoms with Crippen LogP contribution in [0.3, 0.4) is 0 Å². The molecule has 0 saturated heterocycles. The van der Waals surface area contributed by atoms with Crippen molar-refractivity contribution < 1.29 is 9.47 Å². The number of rotatable bonds is 6. The summed E-state index contributed by atoms with van der Waals surface area (Å²) in [4.78, 5) is 0. The molecule has 0 amide bonds. The summed E-state index contributed by atoms with van der Waals surface area (Å²) in [5.41, 5.74) is 4.87. The highest BCUT2D eigenvalue weighted by atomic mass is 16.5. The van der Waals surface area contributed by atoms with E-state index < -0.39 is 0 Å². The third-order valence-electron chi connectivity index (χ3n) is 4.14. The second kappa shape index (κ2) is 7.87. The minimum atomic E-state index is 0.288. The van der Waals surface area contributed by atoms with Crippen LogP contribution >= 0.6 is 0 Å². The molecule has 0 bridgehead atoms. The van der Waals surface area contributed by atoms with Crippen molar-refractivity contribution in [1.29, 1.82) is 0 Å². The summed E-state index contributed by atoms with van der Waals surface area (Å²) in [6.45, 7) is 6.41. The summed E-state index contributed by atoms with van der Waals surface area (Å²) in [5.74, 6) is 2.07. The van der Waals surface area contributed by atoms with Crippen molar-refractivity contribution in [1.82, 2.24) is 0 Å². The smallest absolute Gasteiger partial charge is 0.126 e. The average molecular weight is 310 g/mol. The molecular weight excluding hydrogens is 284 g/mol. The van der Waals surface area contributed by atoms with Gasteiger partial charge in [-0.1, -0.05) is 48.9 Å². The topological polar surface area (TPSA) is 18.5 Å². The van der Waals surface area contributed by atoms with Crippen LogP contribution in [0.5, 0.6) is 11.5 Å². The van der Waals surface area contributed by atoms with Gasteiger partial charge in [-0.05, 0) is 43.5 Å².